The smallest absolute Gasteiger partial charge is 0.330 e. The van der Waals surface area contributed by atoms with E-state index in [1.807, 2.05) is 36.4 Å². The number of aromatic amines is 1. The summed E-state index contributed by atoms with van der Waals surface area (Å²) in [6.45, 7) is 10.1. The first kappa shape index (κ1) is 25.3. The fourth-order valence-electron chi connectivity index (χ4n) is 5.00. The predicted molar refractivity (Wildman–Crippen MR) is 138 cm³/mol. The number of hydrogen-bond donors (Lipinski definition) is 1. The third-order valence-corrected chi connectivity index (χ3v) is 12.0. The zero-order valence-corrected chi connectivity index (χ0v) is 21.8. The number of nitrogens with one attached hydrogen (secondary N) is 1. The number of rotatable bonds is 6. The summed E-state index contributed by atoms with van der Waals surface area (Å²) in [6, 6.07) is 20.5. The molecular weight excluding hydrogens is 463 g/mol. The molecule has 1 aliphatic heterocycles. The monoisotopic (exact) mass is 496 g/mol. The van der Waals surface area contributed by atoms with Crippen molar-refractivity contribution in [3.8, 4) is 0 Å². The molecule has 4 atom stereocenters. The summed E-state index contributed by atoms with van der Waals surface area (Å²) < 4.78 is 29.6. The van der Waals surface area contributed by atoms with Crippen LogP contribution in [-0.2, 0) is 9.16 Å². The van der Waals surface area contributed by atoms with E-state index in [0.29, 0.717) is 5.56 Å². The van der Waals surface area contributed by atoms with Crippen molar-refractivity contribution in [2.45, 2.75) is 58.2 Å². The van der Waals surface area contributed by atoms with Crippen molar-refractivity contribution in [3.05, 3.63) is 93.3 Å². The number of benzene rings is 2. The van der Waals surface area contributed by atoms with E-state index in [1.165, 1.54) is 6.20 Å². The van der Waals surface area contributed by atoms with Crippen LogP contribution in [0.3, 0.4) is 0 Å². The van der Waals surface area contributed by atoms with Crippen molar-refractivity contribution in [1.82, 2.24) is 9.55 Å². The summed E-state index contributed by atoms with van der Waals surface area (Å²) in [4.78, 5) is 26.4. The zero-order chi connectivity index (χ0) is 25.4. The number of H-pyrrole nitrogens is 1. The van der Waals surface area contributed by atoms with Gasteiger partial charge in [-0.1, -0.05) is 88.4 Å². The molecule has 1 saturated heterocycles. The number of alkyl halides is 1. The van der Waals surface area contributed by atoms with Gasteiger partial charge in [0.05, 0.1) is 12.7 Å². The molecule has 1 aromatic heterocycles. The lowest BCUT2D eigenvalue weighted by atomic mass is 10.0. The molecule has 0 amide bonds. The number of nitrogens with zero attached hydrogens (tertiary/aromatic N) is 1. The molecule has 0 radical (unpaired) electrons. The van der Waals surface area contributed by atoms with Gasteiger partial charge in [0.25, 0.3) is 13.9 Å². The van der Waals surface area contributed by atoms with Crippen molar-refractivity contribution >= 4 is 18.7 Å². The van der Waals surface area contributed by atoms with Gasteiger partial charge >= 0.3 is 5.69 Å². The Morgan fingerprint density at radius 2 is 1.57 bits per heavy atom. The van der Waals surface area contributed by atoms with Gasteiger partial charge in [0.2, 0.25) is 0 Å². The highest BCUT2D eigenvalue weighted by atomic mass is 28.4. The Morgan fingerprint density at radius 3 is 2.09 bits per heavy atom. The van der Waals surface area contributed by atoms with E-state index in [2.05, 4.69) is 50.0 Å². The number of aromatic nitrogens is 2. The SMILES string of the molecule is Cc1cn(C2OC(CO[Si](c3ccccc3)(c3ccccc3)C(C)(C)C)[C@@H](C)[C@H]2F)c(=O)[nH]c1=O. The fraction of sp³-hybridized carbons (Fsp3) is 0.407. The van der Waals surface area contributed by atoms with Crippen LogP contribution in [0.1, 0.15) is 39.5 Å². The second-order valence-corrected chi connectivity index (χ2v) is 14.6. The van der Waals surface area contributed by atoms with E-state index in [9.17, 15) is 9.59 Å². The third kappa shape index (κ3) is 4.58. The molecule has 1 N–H and O–H groups in total. The summed E-state index contributed by atoms with van der Waals surface area (Å²) in [6.07, 6.45) is -1.75. The van der Waals surface area contributed by atoms with Gasteiger partial charge in [-0.15, -0.1) is 0 Å². The molecule has 0 saturated carbocycles. The average Bonchev–Trinajstić information content (AvgIpc) is 3.11. The molecule has 1 fully saturated rings. The molecule has 8 heteroatoms. The highest BCUT2D eigenvalue weighted by Crippen LogP contribution is 2.39. The topological polar surface area (TPSA) is 73.3 Å². The molecule has 35 heavy (non-hydrogen) atoms. The minimum Gasteiger partial charge on any atom is -0.405 e. The molecule has 0 bridgehead atoms. The molecule has 0 spiro atoms. The second kappa shape index (κ2) is 9.68. The van der Waals surface area contributed by atoms with Crippen LogP contribution < -0.4 is 21.6 Å². The van der Waals surface area contributed by atoms with Gasteiger partial charge in [0.15, 0.2) is 12.4 Å². The predicted octanol–water partition coefficient (Wildman–Crippen LogP) is 3.29. The Hall–Kier alpha value is -2.81. The molecule has 186 valence electrons. The van der Waals surface area contributed by atoms with Gasteiger partial charge in [0.1, 0.15) is 0 Å². The van der Waals surface area contributed by atoms with Gasteiger partial charge in [0, 0.05) is 17.7 Å². The maximum Gasteiger partial charge on any atom is 0.330 e. The van der Waals surface area contributed by atoms with Crippen LogP contribution in [0.5, 0.6) is 0 Å². The van der Waals surface area contributed by atoms with Crippen LogP contribution in [0.25, 0.3) is 0 Å². The van der Waals surface area contributed by atoms with Crippen LogP contribution in [0, 0.1) is 12.8 Å². The summed E-state index contributed by atoms with van der Waals surface area (Å²) in [5.74, 6) is -0.502. The van der Waals surface area contributed by atoms with Gasteiger partial charge in [-0.25, -0.2) is 9.18 Å². The van der Waals surface area contributed by atoms with E-state index in [-0.39, 0.29) is 11.6 Å². The first-order valence-corrected chi connectivity index (χ1v) is 13.8. The van der Waals surface area contributed by atoms with Gasteiger partial charge in [-0.3, -0.25) is 14.3 Å². The van der Waals surface area contributed by atoms with Crippen molar-refractivity contribution < 1.29 is 13.6 Å². The highest BCUT2D eigenvalue weighted by molar-refractivity contribution is 6.99. The number of halogens is 1. The maximum atomic E-state index is 15.4. The molecule has 2 heterocycles. The normalized spacial score (nSPS) is 22.9. The number of hydrogen-bond acceptors (Lipinski definition) is 4. The number of aryl methyl sites for hydroxylation is 1. The van der Waals surface area contributed by atoms with Crippen molar-refractivity contribution in [2.24, 2.45) is 5.92 Å². The van der Waals surface area contributed by atoms with E-state index >= 15 is 4.39 Å². The van der Waals surface area contributed by atoms with Crippen LogP contribution in [-0.4, -0.2) is 36.8 Å². The lowest BCUT2D eigenvalue weighted by Gasteiger charge is -2.43. The molecule has 0 aliphatic carbocycles. The van der Waals surface area contributed by atoms with Crippen LogP contribution in [0.2, 0.25) is 5.04 Å². The quantitative estimate of drug-likeness (QED) is 0.532. The Morgan fingerprint density at radius 1 is 1.03 bits per heavy atom. The largest absolute Gasteiger partial charge is 0.405 e. The van der Waals surface area contributed by atoms with Crippen LogP contribution in [0.15, 0.2) is 76.4 Å². The van der Waals surface area contributed by atoms with Gasteiger partial charge < -0.3 is 9.16 Å². The summed E-state index contributed by atoms with van der Waals surface area (Å²) in [5.41, 5.74) is -0.853. The minimum absolute atomic E-state index is 0.183. The fourth-order valence-corrected chi connectivity index (χ4v) is 9.57. The summed E-state index contributed by atoms with van der Waals surface area (Å²) >= 11 is 0. The lowest BCUT2D eigenvalue weighted by molar-refractivity contribution is -0.0394. The molecule has 4 rings (SSSR count). The van der Waals surface area contributed by atoms with E-state index in [0.717, 1.165) is 14.9 Å². The molecule has 2 aromatic carbocycles. The Kier molecular flexibility index (Phi) is 6.99. The van der Waals surface area contributed by atoms with E-state index in [1.54, 1.807) is 13.8 Å². The molecule has 1 aliphatic rings. The Balaban J connectivity index is 1.69. The van der Waals surface area contributed by atoms with E-state index in [4.69, 9.17) is 9.16 Å². The first-order valence-electron chi connectivity index (χ1n) is 11.9. The minimum atomic E-state index is -2.82. The lowest BCUT2D eigenvalue weighted by Crippen LogP contribution is -2.67. The van der Waals surface area contributed by atoms with Crippen LogP contribution >= 0.6 is 0 Å². The molecule has 3 aromatic rings. The van der Waals surface area contributed by atoms with Crippen molar-refractivity contribution in [1.29, 1.82) is 0 Å². The van der Waals surface area contributed by atoms with Crippen molar-refractivity contribution in [2.75, 3.05) is 6.61 Å². The van der Waals surface area contributed by atoms with Crippen LogP contribution in [0.4, 0.5) is 4.39 Å². The Labute approximate surface area is 205 Å². The van der Waals surface area contributed by atoms with E-state index < -0.39 is 44.0 Å². The zero-order valence-electron chi connectivity index (χ0n) is 20.8. The maximum absolute atomic E-state index is 15.4. The second-order valence-electron chi connectivity index (χ2n) is 10.3. The summed E-state index contributed by atoms with van der Waals surface area (Å²) in [5, 5.41) is 2.04. The number of ether oxygens (including phenoxy) is 1. The summed E-state index contributed by atoms with van der Waals surface area (Å²) in [7, 11) is -2.82. The van der Waals surface area contributed by atoms with Gasteiger partial charge in [-0.05, 0) is 22.3 Å². The molecule has 2 unspecified atom stereocenters. The third-order valence-electron chi connectivity index (χ3n) is 6.98. The average molecular weight is 497 g/mol. The van der Waals surface area contributed by atoms with Gasteiger partial charge in [-0.2, -0.15) is 0 Å². The molecular formula is C27H33FN2O4Si. The Bertz CT molecular complexity index is 1230. The standard InChI is InChI=1S/C27H33FN2O4Si/c1-18-16-30(26(32)29-24(18)31)25-23(28)19(2)22(34-25)17-33-35(27(3,4)5,20-12-8-6-9-13-20)21-14-10-7-11-15-21/h6-16,19,22-23,25H,17H2,1-5H3,(H,29,31,32)/t19-,22?,23-,25?/m1/s1. The molecule has 6 nitrogen and oxygen atoms in total. The first-order chi connectivity index (χ1) is 16.6. The highest BCUT2D eigenvalue weighted by Gasteiger charge is 2.52. The van der Waals surface area contributed by atoms with Crippen molar-refractivity contribution in [3.63, 3.8) is 0 Å².